The quantitative estimate of drug-likeness (QED) is 0.810. The number of aliphatic carboxylic acids is 1. The van der Waals surface area contributed by atoms with Crippen LogP contribution >= 0.6 is 0 Å². The normalized spacial score (nSPS) is 17.2. The lowest BCUT2D eigenvalue weighted by molar-refractivity contribution is -0.137. The monoisotopic (exact) mass is 226 g/mol. The molecule has 1 aliphatic heterocycles. The fourth-order valence-electron chi connectivity index (χ4n) is 1.62. The molecule has 0 spiro atoms. The molecule has 1 aromatic rings. The lowest BCUT2D eigenvalue weighted by Gasteiger charge is -2.22. The lowest BCUT2D eigenvalue weighted by Crippen LogP contribution is -2.25. The van der Waals surface area contributed by atoms with E-state index in [9.17, 15) is 4.79 Å². The Morgan fingerprint density at radius 3 is 3.06 bits per heavy atom. The van der Waals surface area contributed by atoms with Crippen LogP contribution in [0.3, 0.4) is 0 Å². The molecule has 0 unspecified atom stereocenters. The third-order valence-electron chi connectivity index (χ3n) is 2.38. The van der Waals surface area contributed by atoms with Gasteiger partial charge in [-0.2, -0.15) is 5.10 Å². The minimum atomic E-state index is -0.916. The van der Waals surface area contributed by atoms with Gasteiger partial charge in [-0.1, -0.05) is 0 Å². The fraction of sp³-hybridized carbons (Fsp3) is 0.600. The Hall–Kier alpha value is -1.56. The van der Waals surface area contributed by atoms with Crippen molar-refractivity contribution >= 4 is 5.97 Å². The smallest absolute Gasteiger partial charge is 0.325 e. The van der Waals surface area contributed by atoms with E-state index >= 15 is 0 Å². The summed E-state index contributed by atoms with van der Waals surface area (Å²) in [4.78, 5) is 10.4. The number of ether oxygens (including phenoxy) is 2. The van der Waals surface area contributed by atoms with E-state index in [0.717, 1.165) is 12.8 Å². The Labute approximate surface area is 92.8 Å². The van der Waals surface area contributed by atoms with Crippen LogP contribution in [0.25, 0.3) is 0 Å². The summed E-state index contributed by atoms with van der Waals surface area (Å²) in [5, 5.41) is 12.5. The number of rotatable bonds is 4. The molecule has 0 bridgehead atoms. The van der Waals surface area contributed by atoms with E-state index in [0.29, 0.717) is 19.0 Å². The van der Waals surface area contributed by atoms with Crippen LogP contribution in [0.5, 0.6) is 5.75 Å². The summed E-state index contributed by atoms with van der Waals surface area (Å²) in [6.07, 6.45) is 5.02. The molecule has 6 heteroatoms. The SMILES string of the molecule is O=C(O)Cn1cc(OC2CCOCC2)cn1. The highest BCUT2D eigenvalue weighted by Crippen LogP contribution is 2.16. The minimum absolute atomic E-state index is 0.142. The van der Waals surface area contributed by atoms with Crippen molar-refractivity contribution < 1.29 is 19.4 Å². The van der Waals surface area contributed by atoms with E-state index in [1.54, 1.807) is 12.4 Å². The Bertz CT molecular complexity index is 357. The van der Waals surface area contributed by atoms with Crippen LogP contribution in [0.1, 0.15) is 12.8 Å². The van der Waals surface area contributed by atoms with Gasteiger partial charge in [0.25, 0.3) is 0 Å². The molecule has 16 heavy (non-hydrogen) atoms. The van der Waals surface area contributed by atoms with E-state index < -0.39 is 5.97 Å². The molecule has 1 aliphatic rings. The van der Waals surface area contributed by atoms with Gasteiger partial charge in [0.2, 0.25) is 0 Å². The van der Waals surface area contributed by atoms with E-state index in [-0.39, 0.29) is 12.6 Å². The molecule has 88 valence electrons. The second-order valence-corrected chi connectivity index (χ2v) is 3.70. The summed E-state index contributed by atoms with van der Waals surface area (Å²) < 4.78 is 12.2. The average Bonchev–Trinajstić information content (AvgIpc) is 2.66. The standard InChI is InChI=1S/C10H14N2O4/c13-10(14)7-12-6-9(5-11-12)16-8-1-3-15-4-2-8/h5-6,8H,1-4,7H2,(H,13,14). The number of carboxylic acid groups (broad SMARTS) is 1. The van der Waals surface area contributed by atoms with Crippen molar-refractivity contribution in [1.29, 1.82) is 0 Å². The molecule has 0 aliphatic carbocycles. The number of carboxylic acids is 1. The fourth-order valence-corrected chi connectivity index (χ4v) is 1.62. The molecular weight excluding hydrogens is 212 g/mol. The molecule has 0 amide bonds. The van der Waals surface area contributed by atoms with Gasteiger partial charge < -0.3 is 14.6 Å². The second-order valence-electron chi connectivity index (χ2n) is 3.70. The molecule has 2 rings (SSSR count). The zero-order valence-electron chi connectivity index (χ0n) is 8.83. The van der Waals surface area contributed by atoms with Crippen LogP contribution in [0.2, 0.25) is 0 Å². The van der Waals surface area contributed by atoms with Gasteiger partial charge in [0, 0.05) is 12.8 Å². The van der Waals surface area contributed by atoms with Crippen LogP contribution in [-0.2, 0) is 16.1 Å². The van der Waals surface area contributed by atoms with Gasteiger partial charge in [-0.05, 0) is 0 Å². The first-order valence-electron chi connectivity index (χ1n) is 5.22. The van der Waals surface area contributed by atoms with E-state index in [2.05, 4.69) is 5.10 Å². The van der Waals surface area contributed by atoms with Crippen molar-refractivity contribution in [3.05, 3.63) is 12.4 Å². The highest BCUT2D eigenvalue weighted by atomic mass is 16.5. The number of aromatic nitrogens is 2. The Morgan fingerprint density at radius 1 is 1.62 bits per heavy atom. The largest absolute Gasteiger partial charge is 0.487 e. The van der Waals surface area contributed by atoms with E-state index in [1.165, 1.54) is 4.68 Å². The number of hydrogen-bond acceptors (Lipinski definition) is 4. The molecule has 1 saturated heterocycles. The van der Waals surface area contributed by atoms with Crippen LogP contribution in [0.15, 0.2) is 12.4 Å². The van der Waals surface area contributed by atoms with Gasteiger partial charge in [0.15, 0.2) is 5.75 Å². The van der Waals surface area contributed by atoms with Crippen LogP contribution < -0.4 is 4.74 Å². The number of nitrogens with zero attached hydrogens (tertiary/aromatic N) is 2. The summed E-state index contributed by atoms with van der Waals surface area (Å²) in [6.45, 7) is 1.29. The average molecular weight is 226 g/mol. The molecule has 0 radical (unpaired) electrons. The predicted molar refractivity (Wildman–Crippen MR) is 54.3 cm³/mol. The van der Waals surface area contributed by atoms with Gasteiger partial charge in [-0.3, -0.25) is 9.48 Å². The zero-order chi connectivity index (χ0) is 11.4. The molecule has 1 N–H and O–H groups in total. The van der Waals surface area contributed by atoms with Gasteiger partial charge in [-0.15, -0.1) is 0 Å². The highest BCUT2D eigenvalue weighted by molar-refractivity contribution is 5.66. The molecule has 0 saturated carbocycles. The summed E-state index contributed by atoms with van der Waals surface area (Å²) in [5.74, 6) is -0.297. The second kappa shape index (κ2) is 4.98. The van der Waals surface area contributed by atoms with Crippen molar-refractivity contribution in [1.82, 2.24) is 9.78 Å². The number of carbonyl (C=O) groups is 1. The third-order valence-corrected chi connectivity index (χ3v) is 2.38. The van der Waals surface area contributed by atoms with Gasteiger partial charge in [0.05, 0.1) is 25.6 Å². The topological polar surface area (TPSA) is 73.6 Å². The summed E-state index contributed by atoms with van der Waals surface area (Å²) in [7, 11) is 0. The minimum Gasteiger partial charge on any atom is -0.487 e. The Balaban J connectivity index is 1.88. The van der Waals surface area contributed by atoms with E-state index in [1.807, 2.05) is 0 Å². The summed E-state index contributed by atoms with van der Waals surface area (Å²) in [6, 6.07) is 0. The molecular formula is C10H14N2O4. The van der Waals surface area contributed by atoms with Gasteiger partial charge in [-0.25, -0.2) is 0 Å². The van der Waals surface area contributed by atoms with Crippen molar-refractivity contribution in [2.24, 2.45) is 0 Å². The molecule has 1 fully saturated rings. The van der Waals surface area contributed by atoms with Crippen molar-refractivity contribution in [2.45, 2.75) is 25.5 Å². The molecule has 0 aromatic carbocycles. The van der Waals surface area contributed by atoms with Crippen molar-refractivity contribution in [3.8, 4) is 5.75 Å². The molecule has 1 aromatic heterocycles. The predicted octanol–water partition coefficient (Wildman–Crippen LogP) is 0.526. The van der Waals surface area contributed by atoms with Crippen LogP contribution in [-0.4, -0.2) is 40.2 Å². The Morgan fingerprint density at radius 2 is 2.38 bits per heavy atom. The number of hydrogen-bond donors (Lipinski definition) is 1. The first kappa shape index (κ1) is 10.9. The highest BCUT2D eigenvalue weighted by Gasteiger charge is 2.16. The van der Waals surface area contributed by atoms with Crippen LogP contribution in [0.4, 0.5) is 0 Å². The first-order chi connectivity index (χ1) is 7.74. The molecule has 2 heterocycles. The maximum atomic E-state index is 10.4. The van der Waals surface area contributed by atoms with Crippen molar-refractivity contribution in [3.63, 3.8) is 0 Å². The van der Waals surface area contributed by atoms with Gasteiger partial charge in [0.1, 0.15) is 12.6 Å². The maximum absolute atomic E-state index is 10.4. The zero-order valence-corrected chi connectivity index (χ0v) is 8.83. The van der Waals surface area contributed by atoms with Crippen LogP contribution in [0, 0.1) is 0 Å². The Kier molecular flexibility index (Phi) is 3.40. The van der Waals surface area contributed by atoms with E-state index in [4.69, 9.17) is 14.6 Å². The molecule has 0 atom stereocenters. The molecule has 6 nitrogen and oxygen atoms in total. The maximum Gasteiger partial charge on any atom is 0.325 e. The third kappa shape index (κ3) is 2.96. The summed E-state index contributed by atoms with van der Waals surface area (Å²) >= 11 is 0. The van der Waals surface area contributed by atoms with Crippen molar-refractivity contribution in [2.75, 3.05) is 13.2 Å². The summed E-state index contributed by atoms with van der Waals surface area (Å²) in [5.41, 5.74) is 0. The van der Waals surface area contributed by atoms with Gasteiger partial charge >= 0.3 is 5.97 Å². The lowest BCUT2D eigenvalue weighted by atomic mass is 10.1. The first-order valence-corrected chi connectivity index (χ1v) is 5.22.